The SMILES string of the molecule is CC(C)OC(=O)[C@H](C)NP(=O)(Oc1ccccc1)Oc1ccc(Br)cc1I. The molecule has 9 heteroatoms. The summed E-state index contributed by atoms with van der Waals surface area (Å²) in [6.45, 7) is 5.03. The summed E-state index contributed by atoms with van der Waals surface area (Å²) in [6.07, 6.45) is -0.287. The number of carbonyl (C=O) groups excluding carboxylic acids is 1. The molecule has 0 saturated carbocycles. The van der Waals surface area contributed by atoms with E-state index in [2.05, 4.69) is 43.6 Å². The fourth-order valence-corrected chi connectivity index (χ4v) is 5.12. The summed E-state index contributed by atoms with van der Waals surface area (Å²) in [5.74, 6) is 0.177. The van der Waals surface area contributed by atoms with Crippen molar-refractivity contribution in [1.82, 2.24) is 5.09 Å². The molecule has 1 N–H and O–H groups in total. The van der Waals surface area contributed by atoms with Crippen LogP contribution in [0.3, 0.4) is 0 Å². The van der Waals surface area contributed by atoms with Gasteiger partial charge in [0.05, 0.1) is 9.67 Å². The molecule has 0 amide bonds. The van der Waals surface area contributed by atoms with Gasteiger partial charge in [-0.2, -0.15) is 5.09 Å². The van der Waals surface area contributed by atoms with E-state index in [0.29, 0.717) is 11.5 Å². The normalized spacial score (nSPS) is 14.3. The minimum absolute atomic E-state index is 0.287. The lowest BCUT2D eigenvalue weighted by Crippen LogP contribution is -2.36. The Kier molecular flexibility index (Phi) is 8.15. The zero-order valence-electron chi connectivity index (χ0n) is 15.0. The lowest BCUT2D eigenvalue weighted by Gasteiger charge is -2.24. The molecule has 0 aliphatic heterocycles. The molecule has 0 radical (unpaired) electrons. The van der Waals surface area contributed by atoms with Crippen LogP contribution in [0.2, 0.25) is 0 Å². The van der Waals surface area contributed by atoms with Gasteiger partial charge in [-0.3, -0.25) is 4.79 Å². The van der Waals surface area contributed by atoms with Crippen LogP contribution >= 0.6 is 46.3 Å². The molecule has 2 atom stereocenters. The van der Waals surface area contributed by atoms with Gasteiger partial charge in [0.2, 0.25) is 0 Å². The van der Waals surface area contributed by atoms with Crippen LogP contribution in [-0.2, 0) is 14.1 Å². The number of benzene rings is 2. The maximum absolute atomic E-state index is 13.4. The van der Waals surface area contributed by atoms with Gasteiger partial charge in [-0.25, -0.2) is 4.57 Å². The largest absolute Gasteiger partial charge is 0.513 e. The van der Waals surface area contributed by atoms with Gasteiger partial charge in [0.1, 0.15) is 17.5 Å². The van der Waals surface area contributed by atoms with Crippen LogP contribution in [0.4, 0.5) is 0 Å². The molecule has 27 heavy (non-hydrogen) atoms. The fraction of sp³-hybridized carbons (Fsp3) is 0.278. The summed E-state index contributed by atoms with van der Waals surface area (Å²) in [5.41, 5.74) is 0. The summed E-state index contributed by atoms with van der Waals surface area (Å²) in [4.78, 5) is 12.1. The quantitative estimate of drug-likeness (QED) is 0.256. The molecular weight excluding hydrogens is 548 g/mol. The first-order chi connectivity index (χ1) is 12.7. The number of carbonyl (C=O) groups is 1. The van der Waals surface area contributed by atoms with Gasteiger partial charge in [-0.15, -0.1) is 0 Å². The molecular formula is C18H20BrINO5P. The average molecular weight is 568 g/mol. The second kappa shape index (κ2) is 9.91. The minimum atomic E-state index is -3.93. The lowest BCUT2D eigenvalue weighted by atomic mass is 10.3. The number of nitrogens with one attached hydrogen (secondary N) is 1. The Balaban J connectivity index is 2.27. The van der Waals surface area contributed by atoms with Gasteiger partial charge in [-0.05, 0) is 73.7 Å². The Hall–Kier alpha value is -1.09. The van der Waals surface area contributed by atoms with E-state index < -0.39 is 19.8 Å². The molecule has 146 valence electrons. The topological polar surface area (TPSA) is 73.9 Å². The summed E-state index contributed by atoms with van der Waals surface area (Å²) < 4.78 is 31.5. The molecule has 0 spiro atoms. The van der Waals surface area contributed by atoms with E-state index in [-0.39, 0.29) is 6.10 Å². The third kappa shape index (κ3) is 7.10. The number of halogens is 2. The Labute approximate surface area is 180 Å². The van der Waals surface area contributed by atoms with Crippen LogP contribution in [-0.4, -0.2) is 18.1 Å². The second-order valence-electron chi connectivity index (χ2n) is 5.90. The molecule has 2 rings (SSSR count). The molecule has 0 fully saturated rings. The molecule has 0 aromatic heterocycles. The lowest BCUT2D eigenvalue weighted by molar-refractivity contribution is -0.149. The summed E-state index contributed by atoms with van der Waals surface area (Å²) in [6, 6.07) is 13.0. The summed E-state index contributed by atoms with van der Waals surface area (Å²) in [7, 11) is -3.93. The Morgan fingerprint density at radius 2 is 1.78 bits per heavy atom. The third-order valence-corrected chi connectivity index (χ3v) is 6.07. The maximum Gasteiger partial charge on any atom is 0.513 e. The van der Waals surface area contributed by atoms with E-state index in [4.69, 9.17) is 13.8 Å². The Morgan fingerprint density at radius 3 is 2.37 bits per heavy atom. The van der Waals surface area contributed by atoms with Crippen molar-refractivity contribution in [2.75, 3.05) is 0 Å². The third-order valence-electron chi connectivity index (χ3n) is 3.14. The van der Waals surface area contributed by atoms with Crippen LogP contribution in [0.15, 0.2) is 53.0 Å². The first kappa shape index (κ1) is 22.2. The van der Waals surface area contributed by atoms with Crippen LogP contribution in [0.1, 0.15) is 20.8 Å². The van der Waals surface area contributed by atoms with Gasteiger partial charge in [0.15, 0.2) is 0 Å². The van der Waals surface area contributed by atoms with E-state index in [0.717, 1.165) is 8.04 Å². The van der Waals surface area contributed by atoms with Gasteiger partial charge < -0.3 is 13.8 Å². The summed E-state index contributed by atoms with van der Waals surface area (Å²) >= 11 is 5.44. The average Bonchev–Trinajstić information content (AvgIpc) is 2.57. The van der Waals surface area contributed by atoms with Crippen molar-refractivity contribution in [3.8, 4) is 11.5 Å². The van der Waals surface area contributed by atoms with E-state index >= 15 is 0 Å². The zero-order valence-corrected chi connectivity index (χ0v) is 19.7. The van der Waals surface area contributed by atoms with Gasteiger partial charge in [0.25, 0.3) is 0 Å². The van der Waals surface area contributed by atoms with Crippen LogP contribution in [0.25, 0.3) is 0 Å². The molecule has 0 aliphatic carbocycles. The molecule has 0 saturated heterocycles. The number of esters is 1. The van der Waals surface area contributed by atoms with Crippen molar-refractivity contribution in [2.45, 2.75) is 32.9 Å². The van der Waals surface area contributed by atoms with Crippen molar-refractivity contribution in [3.05, 3.63) is 56.6 Å². The highest BCUT2D eigenvalue weighted by Gasteiger charge is 2.34. The smallest absolute Gasteiger partial charge is 0.462 e. The van der Waals surface area contributed by atoms with Crippen molar-refractivity contribution in [3.63, 3.8) is 0 Å². The maximum atomic E-state index is 13.4. The predicted octanol–water partition coefficient (Wildman–Crippen LogP) is 5.55. The highest BCUT2D eigenvalue weighted by Crippen LogP contribution is 2.46. The van der Waals surface area contributed by atoms with Crippen LogP contribution < -0.4 is 14.1 Å². The highest BCUT2D eigenvalue weighted by molar-refractivity contribution is 14.1. The van der Waals surface area contributed by atoms with Crippen molar-refractivity contribution in [2.24, 2.45) is 0 Å². The van der Waals surface area contributed by atoms with E-state index in [1.165, 1.54) is 0 Å². The first-order valence-corrected chi connectivity index (χ1v) is 11.6. The number of para-hydroxylation sites is 1. The number of hydrogen-bond donors (Lipinski definition) is 1. The van der Waals surface area contributed by atoms with Gasteiger partial charge in [0, 0.05) is 4.47 Å². The van der Waals surface area contributed by atoms with Crippen LogP contribution in [0.5, 0.6) is 11.5 Å². The molecule has 2 aromatic rings. The van der Waals surface area contributed by atoms with Crippen molar-refractivity contribution in [1.29, 1.82) is 0 Å². The van der Waals surface area contributed by atoms with Gasteiger partial charge >= 0.3 is 13.7 Å². The fourth-order valence-electron chi connectivity index (χ4n) is 1.99. The van der Waals surface area contributed by atoms with Crippen molar-refractivity contribution >= 4 is 52.2 Å². The molecule has 1 unspecified atom stereocenters. The van der Waals surface area contributed by atoms with E-state index in [1.807, 2.05) is 12.1 Å². The molecule has 0 heterocycles. The highest BCUT2D eigenvalue weighted by atomic mass is 127. The van der Waals surface area contributed by atoms with Gasteiger partial charge in [-0.1, -0.05) is 34.1 Å². The summed E-state index contributed by atoms with van der Waals surface area (Å²) in [5, 5.41) is 2.66. The number of rotatable bonds is 8. The molecule has 0 aliphatic rings. The number of ether oxygens (including phenoxy) is 1. The predicted molar refractivity (Wildman–Crippen MR) is 116 cm³/mol. The molecule has 2 aromatic carbocycles. The second-order valence-corrected chi connectivity index (χ2v) is 9.60. The first-order valence-electron chi connectivity index (χ1n) is 8.16. The number of hydrogen-bond acceptors (Lipinski definition) is 5. The van der Waals surface area contributed by atoms with E-state index in [9.17, 15) is 9.36 Å². The Bertz CT molecular complexity index is 834. The standard InChI is InChI=1S/C18H20BrINO5P/c1-12(2)24-18(22)13(3)21-27(23,25-15-7-5-4-6-8-15)26-17-10-9-14(19)11-16(17)20/h4-13H,1-3H3,(H,21,23)/t13-,27?/m0/s1. The monoisotopic (exact) mass is 567 g/mol. The Morgan fingerprint density at radius 1 is 1.11 bits per heavy atom. The zero-order chi connectivity index (χ0) is 20.0. The van der Waals surface area contributed by atoms with E-state index in [1.54, 1.807) is 57.2 Å². The van der Waals surface area contributed by atoms with Crippen molar-refractivity contribution < 1.29 is 23.1 Å². The van der Waals surface area contributed by atoms with Crippen LogP contribution in [0, 0.1) is 3.57 Å². The molecule has 6 nitrogen and oxygen atoms in total. The molecule has 0 bridgehead atoms. The minimum Gasteiger partial charge on any atom is -0.462 e.